The molecule has 0 radical (unpaired) electrons. The third-order valence-corrected chi connectivity index (χ3v) is 2.49. The van der Waals surface area contributed by atoms with Crippen molar-refractivity contribution in [3.8, 4) is 0 Å². The van der Waals surface area contributed by atoms with E-state index < -0.39 is 0 Å². The van der Waals surface area contributed by atoms with Gasteiger partial charge >= 0.3 is 0 Å². The number of thioether (sulfide) groups is 1. The van der Waals surface area contributed by atoms with Crippen molar-refractivity contribution in [3.63, 3.8) is 0 Å². The Morgan fingerprint density at radius 1 is 1.67 bits per heavy atom. The Kier molecular flexibility index (Phi) is 3.87. The van der Waals surface area contributed by atoms with Crippen molar-refractivity contribution in [3.05, 3.63) is 28.4 Å². The molecule has 0 saturated heterocycles. The lowest BCUT2D eigenvalue weighted by molar-refractivity contribution is 0.998. The highest BCUT2D eigenvalue weighted by Crippen LogP contribution is 2.07. The molecule has 12 heavy (non-hydrogen) atoms. The molecule has 0 spiro atoms. The lowest BCUT2D eigenvalue weighted by Gasteiger charge is -1.97. The zero-order chi connectivity index (χ0) is 8.81. The zero-order valence-electron chi connectivity index (χ0n) is 7.04. The predicted molar refractivity (Wildman–Crippen MR) is 51.3 cm³/mol. The van der Waals surface area contributed by atoms with E-state index in [-0.39, 0.29) is 5.56 Å². The summed E-state index contributed by atoms with van der Waals surface area (Å²) >= 11 is 1.78. The Hall–Kier alpha value is -0.770. The fourth-order valence-electron chi connectivity index (χ4n) is 0.798. The highest BCUT2D eigenvalue weighted by molar-refractivity contribution is 7.98. The number of rotatable bonds is 4. The van der Waals surface area contributed by atoms with Gasteiger partial charge in [0, 0.05) is 12.3 Å². The van der Waals surface area contributed by atoms with E-state index in [1.165, 1.54) is 6.07 Å². The van der Waals surface area contributed by atoms with Crippen LogP contribution in [-0.4, -0.2) is 15.7 Å². The van der Waals surface area contributed by atoms with Gasteiger partial charge < -0.3 is 4.98 Å². The molecule has 0 amide bonds. The number of aromatic nitrogens is 2. The molecular formula is C8H12N2OS. The molecule has 0 atom stereocenters. The maximum absolute atomic E-state index is 10.8. The summed E-state index contributed by atoms with van der Waals surface area (Å²) in [5, 5.41) is 0. The average Bonchev–Trinajstić information content (AvgIpc) is 2.05. The first-order valence-electron chi connectivity index (χ1n) is 3.95. The average molecular weight is 184 g/mol. The van der Waals surface area contributed by atoms with Crippen LogP contribution in [0.1, 0.15) is 19.2 Å². The SMILES string of the molecule is CCCSCc1nccc(=O)[nH]1. The summed E-state index contributed by atoms with van der Waals surface area (Å²) < 4.78 is 0. The van der Waals surface area contributed by atoms with Crippen LogP contribution in [0.15, 0.2) is 17.1 Å². The van der Waals surface area contributed by atoms with E-state index in [2.05, 4.69) is 16.9 Å². The van der Waals surface area contributed by atoms with Gasteiger partial charge in [-0.2, -0.15) is 11.8 Å². The van der Waals surface area contributed by atoms with Crippen molar-refractivity contribution < 1.29 is 0 Å². The fraction of sp³-hybridized carbons (Fsp3) is 0.500. The number of nitrogens with one attached hydrogen (secondary N) is 1. The third kappa shape index (κ3) is 3.09. The smallest absolute Gasteiger partial charge is 0.250 e. The lowest BCUT2D eigenvalue weighted by Crippen LogP contribution is -2.07. The first-order chi connectivity index (χ1) is 5.83. The van der Waals surface area contributed by atoms with Crippen molar-refractivity contribution >= 4 is 11.8 Å². The molecule has 0 unspecified atom stereocenters. The van der Waals surface area contributed by atoms with E-state index >= 15 is 0 Å². The van der Waals surface area contributed by atoms with Crippen LogP contribution in [0.2, 0.25) is 0 Å². The Morgan fingerprint density at radius 3 is 3.17 bits per heavy atom. The largest absolute Gasteiger partial charge is 0.310 e. The predicted octanol–water partition coefficient (Wildman–Crippen LogP) is 1.41. The van der Waals surface area contributed by atoms with Gasteiger partial charge in [-0.1, -0.05) is 6.92 Å². The van der Waals surface area contributed by atoms with Crippen LogP contribution in [0.5, 0.6) is 0 Å². The summed E-state index contributed by atoms with van der Waals surface area (Å²) in [6.45, 7) is 2.13. The third-order valence-electron chi connectivity index (χ3n) is 1.31. The van der Waals surface area contributed by atoms with Crippen LogP contribution in [0.3, 0.4) is 0 Å². The molecule has 1 heterocycles. The van der Waals surface area contributed by atoms with Crippen LogP contribution in [0, 0.1) is 0 Å². The second-order valence-corrected chi connectivity index (χ2v) is 3.54. The summed E-state index contributed by atoms with van der Waals surface area (Å²) in [5.74, 6) is 2.67. The van der Waals surface area contributed by atoms with Crippen molar-refractivity contribution in [1.82, 2.24) is 9.97 Å². The molecule has 0 bridgehead atoms. The van der Waals surface area contributed by atoms with Crippen molar-refractivity contribution in [2.24, 2.45) is 0 Å². The van der Waals surface area contributed by atoms with Crippen molar-refractivity contribution in [2.45, 2.75) is 19.1 Å². The van der Waals surface area contributed by atoms with E-state index in [1.54, 1.807) is 18.0 Å². The minimum Gasteiger partial charge on any atom is -0.310 e. The summed E-state index contributed by atoms with van der Waals surface area (Å²) in [4.78, 5) is 17.5. The van der Waals surface area contributed by atoms with Crippen molar-refractivity contribution in [1.29, 1.82) is 0 Å². The van der Waals surface area contributed by atoms with Gasteiger partial charge in [0.15, 0.2) is 0 Å². The molecule has 3 nitrogen and oxygen atoms in total. The molecule has 1 N–H and O–H groups in total. The van der Waals surface area contributed by atoms with Crippen molar-refractivity contribution in [2.75, 3.05) is 5.75 Å². The molecule has 1 rings (SSSR count). The quantitative estimate of drug-likeness (QED) is 0.720. The number of H-pyrrole nitrogens is 1. The molecule has 0 fully saturated rings. The van der Waals surface area contributed by atoms with E-state index in [4.69, 9.17) is 0 Å². The first kappa shape index (κ1) is 9.32. The van der Waals surface area contributed by atoms with Crippen LogP contribution >= 0.6 is 11.8 Å². The highest BCUT2D eigenvalue weighted by atomic mass is 32.2. The first-order valence-corrected chi connectivity index (χ1v) is 5.10. The maximum atomic E-state index is 10.8. The van der Waals surface area contributed by atoms with Gasteiger partial charge in [-0.05, 0) is 12.2 Å². The normalized spacial score (nSPS) is 10.1. The minimum atomic E-state index is -0.0721. The van der Waals surface area contributed by atoms with Gasteiger partial charge in [-0.15, -0.1) is 0 Å². The second kappa shape index (κ2) is 4.98. The topological polar surface area (TPSA) is 45.8 Å². The summed E-state index contributed by atoms with van der Waals surface area (Å²) in [5.41, 5.74) is -0.0721. The molecular weight excluding hydrogens is 172 g/mol. The van der Waals surface area contributed by atoms with Gasteiger partial charge in [0.2, 0.25) is 0 Å². The monoisotopic (exact) mass is 184 g/mol. The standard InChI is InChI=1S/C8H12N2OS/c1-2-5-12-6-7-9-4-3-8(11)10-7/h3-4H,2,5-6H2,1H3,(H,9,10,11). The molecule has 66 valence electrons. The number of aromatic amines is 1. The van der Waals surface area contributed by atoms with Gasteiger partial charge in [-0.3, -0.25) is 4.79 Å². The van der Waals surface area contributed by atoms with E-state index in [0.29, 0.717) is 0 Å². The lowest BCUT2D eigenvalue weighted by atomic mass is 10.6. The maximum Gasteiger partial charge on any atom is 0.250 e. The number of hydrogen-bond acceptors (Lipinski definition) is 3. The molecule has 1 aromatic rings. The Balaban J connectivity index is 2.47. The molecule has 0 aliphatic rings. The second-order valence-electron chi connectivity index (χ2n) is 2.43. The Morgan fingerprint density at radius 2 is 2.50 bits per heavy atom. The Labute approximate surface area is 75.6 Å². The van der Waals surface area contributed by atoms with Gasteiger partial charge in [0.05, 0.1) is 5.75 Å². The van der Waals surface area contributed by atoms with E-state index in [1.807, 2.05) is 0 Å². The number of hydrogen-bond donors (Lipinski definition) is 1. The van der Waals surface area contributed by atoms with E-state index in [9.17, 15) is 4.79 Å². The van der Waals surface area contributed by atoms with Crippen LogP contribution < -0.4 is 5.56 Å². The number of nitrogens with zero attached hydrogens (tertiary/aromatic N) is 1. The van der Waals surface area contributed by atoms with Gasteiger partial charge in [0.25, 0.3) is 5.56 Å². The highest BCUT2D eigenvalue weighted by Gasteiger charge is 1.93. The molecule has 0 saturated carbocycles. The van der Waals surface area contributed by atoms with Gasteiger partial charge in [0.1, 0.15) is 5.82 Å². The van der Waals surface area contributed by atoms with Crippen LogP contribution in [-0.2, 0) is 5.75 Å². The summed E-state index contributed by atoms with van der Waals surface area (Å²) in [6, 6.07) is 1.42. The molecule has 0 aliphatic heterocycles. The molecule has 0 aliphatic carbocycles. The summed E-state index contributed by atoms with van der Waals surface area (Å²) in [6.07, 6.45) is 2.70. The summed E-state index contributed by atoms with van der Waals surface area (Å²) in [7, 11) is 0. The van der Waals surface area contributed by atoms with E-state index in [0.717, 1.165) is 23.8 Å². The molecule has 0 aromatic carbocycles. The Bertz CT molecular complexity index is 284. The van der Waals surface area contributed by atoms with Gasteiger partial charge in [-0.25, -0.2) is 4.98 Å². The van der Waals surface area contributed by atoms with Crippen LogP contribution in [0.4, 0.5) is 0 Å². The zero-order valence-corrected chi connectivity index (χ0v) is 7.86. The fourth-order valence-corrected chi connectivity index (χ4v) is 1.57. The van der Waals surface area contributed by atoms with Crippen LogP contribution in [0.25, 0.3) is 0 Å². The molecule has 1 aromatic heterocycles. The molecule has 4 heteroatoms. The minimum absolute atomic E-state index is 0.0721.